The first-order chi connectivity index (χ1) is 19.0. The second-order valence-electron chi connectivity index (χ2n) is 11.7. The van der Waals surface area contributed by atoms with Crippen LogP contribution < -0.4 is 10.6 Å². The molecule has 1 aliphatic rings. The Morgan fingerprint density at radius 1 is 0.600 bits per heavy atom. The fourth-order valence-corrected chi connectivity index (χ4v) is 5.21. The van der Waals surface area contributed by atoms with E-state index >= 15 is 0 Å². The van der Waals surface area contributed by atoms with Gasteiger partial charge in [-0.3, -0.25) is 19.2 Å². The minimum atomic E-state index is -0.853. The highest BCUT2D eigenvalue weighted by Crippen LogP contribution is 2.18. The van der Waals surface area contributed by atoms with E-state index < -0.39 is 24.2 Å². The number of hydrogen-bond donors (Lipinski definition) is 2. The summed E-state index contributed by atoms with van der Waals surface area (Å²) in [6.07, 6.45) is 1.37. The standard InChI is InChI=1S/C32H44N4O4/c1-21(2)17-25-31(39)35(5)28(20-24-15-11-8-12-16-24)30(38)34-26(18-22(3)4)32(40)36(6)27(29(37)33-25)19-23-13-9-7-10-14-23/h7-16,21-22,25-28H,17-20H2,1-6H3,(H,33,37)(H,34,38)/t25-,26-,27-,28-/m0/s1. The van der Waals surface area contributed by atoms with Gasteiger partial charge in [0.05, 0.1) is 0 Å². The number of hydrogen-bond acceptors (Lipinski definition) is 4. The van der Waals surface area contributed by atoms with Crippen LogP contribution in [0, 0.1) is 11.8 Å². The van der Waals surface area contributed by atoms with Crippen LogP contribution in [0.5, 0.6) is 0 Å². The lowest BCUT2D eigenvalue weighted by atomic mass is 9.96. The second-order valence-corrected chi connectivity index (χ2v) is 11.7. The number of amides is 4. The van der Waals surface area contributed by atoms with Gasteiger partial charge in [-0.2, -0.15) is 0 Å². The summed E-state index contributed by atoms with van der Waals surface area (Å²) in [5.41, 5.74) is 1.79. The van der Waals surface area contributed by atoms with E-state index in [9.17, 15) is 19.2 Å². The zero-order valence-electron chi connectivity index (χ0n) is 24.6. The van der Waals surface area contributed by atoms with Gasteiger partial charge >= 0.3 is 0 Å². The minimum Gasteiger partial charge on any atom is -0.342 e. The van der Waals surface area contributed by atoms with Crippen LogP contribution in [0.25, 0.3) is 0 Å². The Balaban J connectivity index is 2.06. The Kier molecular flexibility index (Phi) is 10.9. The van der Waals surface area contributed by atoms with Gasteiger partial charge in [-0.25, -0.2) is 0 Å². The van der Waals surface area contributed by atoms with Crippen LogP contribution in [0.2, 0.25) is 0 Å². The van der Waals surface area contributed by atoms with Crippen LogP contribution in [0.4, 0.5) is 0 Å². The highest BCUT2D eigenvalue weighted by Gasteiger charge is 2.39. The summed E-state index contributed by atoms with van der Waals surface area (Å²) in [5.74, 6) is -1.21. The Labute approximate surface area is 238 Å². The summed E-state index contributed by atoms with van der Waals surface area (Å²) in [4.78, 5) is 58.4. The Morgan fingerprint density at radius 3 is 1.23 bits per heavy atom. The SMILES string of the molecule is CC(C)C[C@@H]1NC(=O)[C@H](Cc2ccccc2)N(C)C(=O)[C@H](CC(C)C)NC(=O)[C@H](Cc2ccccc2)N(C)C1=O. The first kappa shape index (κ1) is 30.9. The zero-order valence-corrected chi connectivity index (χ0v) is 24.6. The highest BCUT2D eigenvalue weighted by molar-refractivity contribution is 5.97. The van der Waals surface area contributed by atoms with Crippen LogP contribution in [-0.2, 0) is 32.0 Å². The van der Waals surface area contributed by atoms with Crippen molar-refractivity contribution in [2.75, 3.05) is 14.1 Å². The van der Waals surface area contributed by atoms with Gasteiger partial charge in [0.2, 0.25) is 23.6 Å². The molecule has 4 atom stereocenters. The lowest BCUT2D eigenvalue weighted by molar-refractivity contribution is -0.148. The first-order valence-electron chi connectivity index (χ1n) is 14.2. The molecule has 1 heterocycles. The molecule has 40 heavy (non-hydrogen) atoms. The van der Waals surface area contributed by atoms with Crippen molar-refractivity contribution >= 4 is 23.6 Å². The summed E-state index contributed by atoms with van der Waals surface area (Å²) in [5, 5.41) is 5.93. The van der Waals surface area contributed by atoms with E-state index in [1.807, 2.05) is 88.4 Å². The lowest BCUT2D eigenvalue weighted by Crippen LogP contribution is -2.62. The molecular formula is C32H44N4O4. The summed E-state index contributed by atoms with van der Waals surface area (Å²) < 4.78 is 0. The molecule has 0 spiro atoms. The van der Waals surface area contributed by atoms with E-state index in [-0.39, 0.29) is 48.3 Å². The molecule has 8 heteroatoms. The number of likely N-dealkylation sites (N-methyl/N-ethyl adjacent to an activating group) is 2. The van der Waals surface area contributed by atoms with Crippen LogP contribution in [-0.4, -0.2) is 71.7 Å². The van der Waals surface area contributed by atoms with Crippen LogP contribution in [0.3, 0.4) is 0 Å². The van der Waals surface area contributed by atoms with Crippen molar-refractivity contribution in [3.05, 3.63) is 71.8 Å². The molecule has 0 aliphatic carbocycles. The van der Waals surface area contributed by atoms with Gasteiger partial charge in [-0.15, -0.1) is 0 Å². The Hall–Kier alpha value is -3.68. The first-order valence-corrected chi connectivity index (χ1v) is 14.2. The topological polar surface area (TPSA) is 98.8 Å². The van der Waals surface area contributed by atoms with Crippen molar-refractivity contribution in [2.45, 2.75) is 77.5 Å². The predicted molar refractivity (Wildman–Crippen MR) is 156 cm³/mol. The molecule has 1 fully saturated rings. The summed E-state index contributed by atoms with van der Waals surface area (Å²) in [6, 6.07) is 15.6. The molecule has 1 saturated heterocycles. The van der Waals surface area contributed by atoms with E-state index in [4.69, 9.17) is 0 Å². The number of nitrogens with zero attached hydrogens (tertiary/aromatic N) is 2. The third-order valence-corrected chi connectivity index (χ3v) is 7.42. The average molecular weight is 549 g/mol. The van der Waals surface area contributed by atoms with Crippen molar-refractivity contribution in [2.24, 2.45) is 11.8 Å². The molecule has 1 aliphatic heterocycles. The molecule has 4 amide bonds. The van der Waals surface area contributed by atoms with Crippen molar-refractivity contribution < 1.29 is 19.2 Å². The molecule has 0 unspecified atom stereocenters. The quantitative estimate of drug-likeness (QED) is 0.529. The van der Waals surface area contributed by atoms with Gasteiger partial charge in [0, 0.05) is 26.9 Å². The monoisotopic (exact) mass is 548 g/mol. The van der Waals surface area contributed by atoms with Gasteiger partial charge < -0.3 is 20.4 Å². The van der Waals surface area contributed by atoms with Crippen molar-refractivity contribution in [3.63, 3.8) is 0 Å². The third kappa shape index (κ3) is 8.16. The smallest absolute Gasteiger partial charge is 0.245 e. The van der Waals surface area contributed by atoms with E-state index in [2.05, 4.69) is 10.6 Å². The van der Waals surface area contributed by atoms with Gasteiger partial charge in [-0.05, 0) is 35.8 Å². The molecule has 0 bridgehead atoms. The maximum atomic E-state index is 13.9. The zero-order chi connectivity index (χ0) is 29.4. The van der Waals surface area contributed by atoms with E-state index in [1.54, 1.807) is 14.1 Å². The lowest BCUT2D eigenvalue weighted by Gasteiger charge is -2.37. The summed E-state index contributed by atoms with van der Waals surface area (Å²) in [7, 11) is 3.21. The number of carbonyl (C=O) groups is 4. The molecule has 2 aromatic rings. The van der Waals surface area contributed by atoms with Crippen molar-refractivity contribution in [1.29, 1.82) is 0 Å². The number of carbonyl (C=O) groups excluding carboxylic acids is 4. The highest BCUT2D eigenvalue weighted by atomic mass is 16.2. The molecule has 8 nitrogen and oxygen atoms in total. The number of rotatable bonds is 8. The molecule has 2 aromatic carbocycles. The fraction of sp³-hybridized carbons (Fsp3) is 0.500. The maximum Gasteiger partial charge on any atom is 0.245 e. The van der Waals surface area contributed by atoms with Gasteiger partial charge in [0.1, 0.15) is 24.2 Å². The average Bonchev–Trinajstić information content (AvgIpc) is 2.92. The van der Waals surface area contributed by atoms with Crippen LogP contribution in [0.1, 0.15) is 51.7 Å². The van der Waals surface area contributed by atoms with Gasteiger partial charge in [-0.1, -0.05) is 88.4 Å². The van der Waals surface area contributed by atoms with E-state index in [0.29, 0.717) is 12.8 Å². The summed E-state index contributed by atoms with van der Waals surface area (Å²) >= 11 is 0. The predicted octanol–water partition coefficient (Wildman–Crippen LogP) is 3.20. The second kappa shape index (κ2) is 14.1. The molecule has 0 radical (unpaired) electrons. The normalized spacial score (nSPS) is 23.1. The summed E-state index contributed by atoms with van der Waals surface area (Å²) in [6.45, 7) is 7.93. The molecular weight excluding hydrogens is 504 g/mol. The van der Waals surface area contributed by atoms with Crippen molar-refractivity contribution in [3.8, 4) is 0 Å². The Bertz CT molecular complexity index is 1060. The molecule has 0 aromatic heterocycles. The third-order valence-electron chi connectivity index (χ3n) is 7.42. The molecule has 216 valence electrons. The van der Waals surface area contributed by atoms with Crippen molar-refractivity contribution in [1.82, 2.24) is 20.4 Å². The van der Waals surface area contributed by atoms with Crippen LogP contribution >= 0.6 is 0 Å². The largest absolute Gasteiger partial charge is 0.342 e. The minimum absolute atomic E-state index is 0.110. The molecule has 0 saturated carbocycles. The van der Waals surface area contributed by atoms with E-state index in [1.165, 1.54) is 9.80 Å². The fourth-order valence-electron chi connectivity index (χ4n) is 5.21. The van der Waals surface area contributed by atoms with Crippen LogP contribution in [0.15, 0.2) is 60.7 Å². The van der Waals surface area contributed by atoms with Gasteiger partial charge in [0.15, 0.2) is 0 Å². The Morgan fingerprint density at radius 2 is 0.925 bits per heavy atom. The number of nitrogens with one attached hydrogen (secondary N) is 2. The molecule has 3 rings (SSSR count). The van der Waals surface area contributed by atoms with Gasteiger partial charge in [0.25, 0.3) is 0 Å². The maximum absolute atomic E-state index is 13.9. The number of benzene rings is 2. The molecule has 2 N–H and O–H groups in total. The van der Waals surface area contributed by atoms with E-state index in [0.717, 1.165) is 11.1 Å².